The van der Waals surface area contributed by atoms with E-state index in [2.05, 4.69) is 10.6 Å². The summed E-state index contributed by atoms with van der Waals surface area (Å²) in [5, 5.41) is 14.1. The number of hydrogen-bond donors (Lipinski definition) is 3. The van der Waals surface area contributed by atoms with Crippen LogP contribution in [0, 0.1) is 11.3 Å². The van der Waals surface area contributed by atoms with Crippen LogP contribution in [0.5, 0.6) is 0 Å². The Kier molecular flexibility index (Phi) is 6.18. The number of hydrogen-bond acceptors (Lipinski definition) is 3. The third kappa shape index (κ3) is 5.36. The fourth-order valence-electron chi connectivity index (χ4n) is 2.69. The van der Waals surface area contributed by atoms with Crippen LogP contribution in [0.2, 0.25) is 0 Å². The number of aliphatic carboxylic acids is 1. The standard InChI is InChI=1S/C15H26N2O4/c1-10(2)8-11(13(19)20)17-12(18)9-16-14(21)15(3)6-4-5-7-15/h10-11H,4-9H2,1-3H3,(H,16,21)(H,17,18)(H,19,20)/t11-/m0/s1. The van der Waals surface area contributed by atoms with Crippen molar-refractivity contribution in [2.24, 2.45) is 11.3 Å². The second-order valence-corrected chi connectivity index (χ2v) is 6.54. The van der Waals surface area contributed by atoms with Gasteiger partial charge in [-0.15, -0.1) is 0 Å². The van der Waals surface area contributed by atoms with Gasteiger partial charge in [-0.2, -0.15) is 0 Å². The van der Waals surface area contributed by atoms with Crippen molar-refractivity contribution in [1.29, 1.82) is 0 Å². The molecule has 0 bridgehead atoms. The topological polar surface area (TPSA) is 95.5 Å². The third-order valence-corrected chi connectivity index (χ3v) is 4.01. The molecule has 0 spiro atoms. The van der Waals surface area contributed by atoms with Crippen LogP contribution in [0.15, 0.2) is 0 Å². The van der Waals surface area contributed by atoms with Gasteiger partial charge < -0.3 is 15.7 Å². The summed E-state index contributed by atoms with van der Waals surface area (Å²) in [7, 11) is 0. The smallest absolute Gasteiger partial charge is 0.326 e. The lowest BCUT2D eigenvalue weighted by Crippen LogP contribution is -2.48. The molecule has 6 nitrogen and oxygen atoms in total. The van der Waals surface area contributed by atoms with Gasteiger partial charge in [-0.1, -0.05) is 33.6 Å². The molecule has 1 saturated carbocycles. The van der Waals surface area contributed by atoms with Gasteiger partial charge in [0.2, 0.25) is 11.8 Å². The number of carbonyl (C=O) groups excluding carboxylic acids is 2. The van der Waals surface area contributed by atoms with Crippen molar-refractivity contribution in [3.05, 3.63) is 0 Å². The minimum absolute atomic E-state index is 0.120. The summed E-state index contributed by atoms with van der Waals surface area (Å²) in [6.07, 6.45) is 4.11. The molecule has 1 aliphatic carbocycles. The molecule has 21 heavy (non-hydrogen) atoms. The van der Waals surface area contributed by atoms with Crippen LogP contribution in [-0.4, -0.2) is 35.5 Å². The summed E-state index contributed by atoms with van der Waals surface area (Å²) in [4.78, 5) is 34.9. The van der Waals surface area contributed by atoms with E-state index in [0.29, 0.717) is 6.42 Å². The van der Waals surface area contributed by atoms with Crippen molar-refractivity contribution in [3.8, 4) is 0 Å². The van der Waals surface area contributed by atoms with Gasteiger partial charge in [0.05, 0.1) is 6.54 Å². The molecule has 0 unspecified atom stereocenters. The zero-order chi connectivity index (χ0) is 16.0. The van der Waals surface area contributed by atoms with Crippen molar-refractivity contribution in [2.75, 3.05) is 6.54 Å². The van der Waals surface area contributed by atoms with Crippen molar-refractivity contribution in [1.82, 2.24) is 10.6 Å². The Morgan fingerprint density at radius 2 is 1.76 bits per heavy atom. The van der Waals surface area contributed by atoms with Crippen LogP contribution >= 0.6 is 0 Å². The average molecular weight is 298 g/mol. The Hall–Kier alpha value is -1.59. The first-order valence-corrected chi connectivity index (χ1v) is 7.55. The van der Waals surface area contributed by atoms with Gasteiger partial charge in [0, 0.05) is 5.41 Å². The fourth-order valence-corrected chi connectivity index (χ4v) is 2.69. The van der Waals surface area contributed by atoms with Crippen LogP contribution in [0.1, 0.15) is 52.9 Å². The Morgan fingerprint density at radius 1 is 1.19 bits per heavy atom. The molecule has 1 atom stereocenters. The quantitative estimate of drug-likeness (QED) is 0.660. The highest BCUT2D eigenvalue weighted by Crippen LogP contribution is 2.37. The van der Waals surface area contributed by atoms with Gasteiger partial charge in [0.1, 0.15) is 6.04 Å². The van der Waals surface area contributed by atoms with Crippen LogP contribution < -0.4 is 10.6 Å². The second-order valence-electron chi connectivity index (χ2n) is 6.54. The normalized spacial score (nSPS) is 18.3. The minimum atomic E-state index is -1.05. The van der Waals surface area contributed by atoms with E-state index < -0.39 is 17.9 Å². The van der Waals surface area contributed by atoms with E-state index in [0.717, 1.165) is 25.7 Å². The summed E-state index contributed by atoms with van der Waals surface area (Å²) >= 11 is 0. The van der Waals surface area contributed by atoms with Crippen LogP contribution in [-0.2, 0) is 14.4 Å². The van der Waals surface area contributed by atoms with E-state index in [-0.39, 0.29) is 23.8 Å². The Morgan fingerprint density at radius 3 is 2.24 bits per heavy atom. The number of amides is 2. The second kappa shape index (κ2) is 7.43. The molecule has 1 rings (SSSR count). The summed E-state index contributed by atoms with van der Waals surface area (Å²) < 4.78 is 0. The van der Waals surface area contributed by atoms with Crippen molar-refractivity contribution >= 4 is 17.8 Å². The lowest BCUT2D eigenvalue weighted by atomic mass is 9.88. The van der Waals surface area contributed by atoms with Gasteiger partial charge >= 0.3 is 5.97 Å². The zero-order valence-corrected chi connectivity index (χ0v) is 13.1. The fraction of sp³-hybridized carbons (Fsp3) is 0.800. The first-order chi connectivity index (χ1) is 9.74. The van der Waals surface area contributed by atoms with E-state index in [9.17, 15) is 14.4 Å². The summed E-state index contributed by atoms with van der Waals surface area (Å²) in [6, 6.07) is -0.906. The lowest BCUT2D eigenvalue weighted by molar-refractivity contribution is -0.142. The van der Waals surface area contributed by atoms with Crippen LogP contribution in [0.25, 0.3) is 0 Å². The molecule has 0 aromatic heterocycles. The predicted octanol–water partition coefficient (Wildman–Crippen LogP) is 1.30. The molecule has 2 amide bonds. The van der Waals surface area contributed by atoms with E-state index >= 15 is 0 Å². The molecular weight excluding hydrogens is 272 g/mol. The summed E-state index contributed by atoms with van der Waals surface area (Å²) in [5.41, 5.74) is -0.385. The van der Waals surface area contributed by atoms with Gasteiger partial charge in [0.25, 0.3) is 0 Å². The van der Waals surface area contributed by atoms with Crippen molar-refractivity contribution in [2.45, 2.75) is 58.9 Å². The van der Waals surface area contributed by atoms with E-state index in [1.807, 2.05) is 20.8 Å². The summed E-state index contributed by atoms with van der Waals surface area (Å²) in [6.45, 7) is 5.53. The maximum absolute atomic E-state index is 12.1. The first-order valence-electron chi connectivity index (χ1n) is 7.55. The SMILES string of the molecule is CC(C)C[C@H](NC(=O)CNC(=O)C1(C)CCCC1)C(=O)O. The molecule has 1 fully saturated rings. The van der Waals surface area contributed by atoms with Crippen molar-refractivity contribution in [3.63, 3.8) is 0 Å². The molecule has 0 saturated heterocycles. The highest BCUT2D eigenvalue weighted by molar-refractivity contribution is 5.89. The highest BCUT2D eigenvalue weighted by Gasteiger charge is 2.36. The molecule has 0 aromatic carbocycles. The number of rotatable bonds is 7. The highest BCUT2D eigenvalue weighted by atomic mass is 16.4. The van der Waals surface area contributed by atoms with Crippen LogP contribution in [0.4, 0.5) is 0 Å². The summed E-state index contributed by atoms with van der Waals surface area (Å²) in [5.74, 6) is -1.46. The van der Waals surface area contributed by atoms with Crippen LogP contribution in [0.3, 0.4) is 0 Å². The minimum Gasteiger partial charge on any atom is -0.480 e. The average Bonchev–Trinajstić information content (AvgIpc) is 2.82. The number of nitrogens with one attached hydrogen (secondary N) is 2. The van der Waals surface area contributed by atoms with Gasteiger partial charge in [-0.25, -0.2) is 4.79 Å². The third-order valence-electron chi connectivity index (χ3n) is 4.01. The van der Waals surface area contributed by atoms with Gasteiger partial charge in [-0.05, 0) is 25.2 Å². The van der Waals surface area contributed by atoms with E-state index in [1.165, 1.54) is 0 Å². The molecular formula is C15H26N2O4. The molecule has 0 radical (unpaired) electrons. The van der Waals surface area contributed by atoms with Gasteiger partial charge in [0.15, 0.2) is 0 Å². The number of carbonyl (C=O) groups is 3. The zero-order valence-electron chi connectivity index (χ0n) is 13.1. The van der Waals surface area contributed by atoms with Gasteiger partial charge in [-0.3, -0.25) is 9.59 Å². The van der Waals surface area contributed by atoms with E-state index in [1.54, 1.807) is 0 Å². The lowest BCUT2D eigenvalue weighted by Gasteiger charge is -2.22. The largest absolute Gasteiger partial charge is 0.480 e. The molecule has 0 aliphatic heterocycles. The monoisotopic (exact) mass is 298 g/mol. The maximum Gasteiger partial charge on any atom is 0.326 e. The molecule has 6 heteroatoms. The predicted molar refractivity (Wildman–Crippen MR) is 78.6 cm³/mol. The molecule has 1 aliphatic rings. The maximum atomic E-state index is 12.1. The number of carboxylic acid groups (broad SMARTS) is 1. The Labute approximate surface area is 125 Å². The molecule has 120 valence electrons. The number of carboxylic acids is 1. The van der Waals surface area contributed by atoms with E-state index in [4.69, 9.17) is 5.11 Å². The Bertz CT molecular complexity index is 400. The molecule has 0 aromatic rings. The molecule has 3 N–H and O–H groups in total. The van der Waals surface area contributed by atoms with Crippen molar-refractivity contribution < 1.29 is 19.5 Å². The Balaban J connectivity index is 2.42. The first kappa shape index (κ1) is 17.5. The molecule has 0 heterocycles.